The van der Waals surface area contributed by atoms with Gasteiger partial charge in [0.25, 0.3) is 0 Å². The predicted octanol–water partition coefficient (Wildman–Crippen LogP) is 4.77. The van der Waals surface area contributed by atoms with E-state index in [4.69, 9.17) is 9.47 Å². The number of ether oxygens (including phenoxy) is 2. The molecular formula is C28H38N2O4. The summed E-state index contributed by atoms with van der Waals surface area (Å²) in [5, 5.41) is 0. The van der Waals surface area contributed by atoms with Crippen molar-refractivity contribution in [3.05, 3.63) is 71.8 Å². The summed E-state index contributed by atoms with van der Waals surface area (Å²) in [6, 6.07) is 20.8. The molecule has 34 heavy (non-hydrogen) atoms. The molecule has 3 rings (SSSR count). The van der Waals surface area contributed by atoms with Crippen LogP contribution >= 0.6 is 0 Å². The highest BCUT2D eigenvalue weighted by Crippen LogP contribution is 2.36. The molecule has 6 heteroatoms. The Labute approximate surface area is 203 Å². The highest BCUT2D eigenvalue weighted by molar-refractivity contribution is 5.72. The van der Waals surface area contributed by atoms with Crippen LogP contribution in [0.1, 0.15) is 62.7 Å². The van der Waals surface area contributed by atoms with Crippen LogP contribution in [0.25, 0.3) is 0 Å². The molecule has 2 aromatic carbocycles. The number of benzene rings is 2. The van der Waals surface area contributed by atoms with Crippen molar-refractivity contribution in [3.8, 4) is 0 Å². The smallest absolute Gasteiger partial charge is 0.319 e. The lowest BCUT2D eigenvalue weighted by atomic mass is 9.85. The van der Waals surface area contributed by atoms with Crippen LogP contribution in [-0.4, -0.2) is 61.1 Å². The molecule has 1 aliphatic carbocycles. The van der Waals surface area contributed by atoms with E-state index in [1.807, 2.05) is 36.4 Å². The molecule has 6 nitrogen and oxygen atoms in total. The van der Waals surface area contributed by atoms with Crippen LogP contribution in [-0.2, 0) is 19.1 Å². The Bertz CT molecular complexity index is 830. The van der Waals surface area contributed by atoms with Crippen molar-refractivity contribution < 1.29 is 19.1 Å². The molecule has 1 saturated carbocycles. The number of methoxy groups -OCH3 is 2. The second kappa shape index (κ2) is 12.7. The van der Waals surface area contributed by atoms with Crippen molar-refractivity contribution in [1.29, 1.82) is 0 Å². The molecule has 0 unspecified atom stereocenters. The maximum atomic E-state index is 12.5. The third-order valence-corrected chi connectivity index (χ3v) is 7.18. The van der Waals surface area contributed by atoms with E-state index in [0.29, 0.717) is 0 Å². The molecule has 0 bridgehead atoms. The van der Waals surface area contributed by atoms with Gasteiger partial charge in [-0.1, -0.05) is 73.5 Å². The summed E-state index contributed by atoms with van der Waals surface area (Å²) in [6.45, 7) is 4.71. The summed E-state index contributed by atoms with van der Waals surface area (Å²) < 4.78 is 10.2. The summed E-state index contributed by atoms with van der Waals surface area (Å²) >= 11 is 0. The summed E-state index contributed by atoms with van der Waals surface area (Å²) in [4.78, 5) is 29.6. The molecular weight excluding hydrogens is 428 g/mol. The first-order valence-corrected chi connectivity index (χ1v) is 12.2. The predicted molar refractivity (Wildman–Crippen MR) is 133 cm³/mol. The zero-order chi connectivity index (χ0) is 24.5. The molecule has 1 aliphatic rings. The van der Waals surface area contributed by atoms with Crippen LogP contribution in [0.4, 0.5) is 0 Å². The molecule has 1 fully saturated rings. The number of rotatable bonds is 10. The van der Waals surface area contributed by atoms with Crippen LogP contribution < -0.4 is 0 Å². The number of nitrogens with zero attached hydrogens (tertiary/aromatic N) is 2. The first kappa shape index (κ1) is 25.9. The van der Waals surface area contributed by atoms with Crippen LogP contribution in [0.3, 0.4) is 0 Å². The minimum Gasteiger partial charge on any atom is -0.468 e. The van der Waals surface area contributed by atoms with E-state index < -0.39 is 0 Å². The summed E-state index contributed by atoms with van der Waals surface area (Å²) in [6.07, 6.45) is 4.09. The minimum absolute atomic E-state index is 0.0258. The van der Waals surface area contributed by atoms with Crippen molar-refractivity contribution in [1.82, 2.24) is 9.80 Å². The van der Waals surface area contributed by atoms with Crippen LogP contribution in [0.2, 0.25) is 0 Å². The summed E-state index contributed by atoms with van der Waals surface area (Å²) in [5.74, 6) is -0.495. The average Bonchev–Trinajstić information content (AvgIpc) is 2.90. The second-order valence-electron chi connectivity index (χ2n) is 9.09. The molecule has 0 amide bonds. The number of hydrogen-bond donors (Lipinski definition) is 0. The van der Waals surface area contributed by atoms with E-state index in [2.05, 4.69) is 47.9 Å². The van der Waals surface area contributed by atoms with E-state index in [1.165, 1.54) is 14.2 Å². The van der Waals surface area contributed by atoms with Gasteiger partial charge in [-0.25, -0.2) is 0 Å². The minimum atomic E-state index is -0.247. The molecule has 0 aliphatic heterocycles. The van der Waals surface area contributed by atoms with E-state index in [9.17, 15) is 9.59 Å². The maximum absolute atomic E-state index is 12.5. The molecule has 184 valence electrons. The van der Waals surface area contributed by atoms with Gasteiger partial charge in [-0.2, -0.15) is 0 Å². The van der Waals surface area contributed by atoms with Gasteiger partial charge in [-0.3, -0.25) is 19.4 Å². The van der Waals surface area contributed by atoms with Gasteiger partial charge < -0.3 is 9.47 Å². The molecule has 0 saturated heterocycles. The Hall–Kier alpha value is -2.70. The van der Waals surface area contributed by atoms with E-state index in [0.717, 1.165) is 36.8 Å². The molecule has 0 heterocycles. The van der Waals surface area contributed by atoms with Gasteiger partial charge in [0.05, 0.1) is 27.3 Å². The number of esters is 2. The topological polar surface area (TPSA) is 59.1 Å². The Morgan fingerprint density at radius 1 is 0.735 bits per heavy atom. The Balaban J connectivity index is 1.98. The average molecular weight is 467 g/mol. The van der Waals surface area contributed by atoms with Gasteiger partial charge in [-0.05, 0) is 37.8 Å². The zero-order valence-corrected chi connectivity index (χ0v) is 20.9. The van der Waals surface area contributed by atoms with Gasteiger partial charge >= 0.3 is 11.9 Å². The standard InChI is InChI=1S/C28H38N2O4/c1-21(23-13-7-5-8-14-23)29(19-27(31)33-3)25-17-11-12-18-26(25)30(20-28(32)34-4)22(2)24-15-9-6-10-16-24/h5-10,13-16,21-22,25-26H,11-12,17-20H2,1-4H3/t21-,22-,25-,26-/m0/s1. The van der Waals surface area contributed by atoms with Crippen molar-refractivity contribution in [3.63, 3.8) is 0 Å². The Morgan fingerprint density at radius 2 is 1.09 bits per heavy atom. The molecule has 0 radical (unpaired) electrons. The Morgan fingerprint density at radius 3 is 1.41 bits per heavy atom. The fourth-order valence-corrected chi connectivity index (χ4v) is 5.22. The lowest BCUT2D eigenvalue weighted by Crippen LogP contribution is -2.56. The number of carbonyl (C=O) groups excluding carboxylic acids is 2. The summed E-state index contributed by atoms with van der Waals surface area (Å²) in [5.41, 5.74) is 2.32. The van der Waals surface area contributed by atoms with Crippen LogP contribution in [0, 0.1) is 0 Å². The lowest BCUT2D eigenvalue weighted by Gasteiger charge is -2.48. The normalized spacial score (nSPS) is 20.1. The fourth-order valence-electron chi connectivity index (χ4n) is 5.22. The molecule has 0 aromatic heterocycles. The summed E-state index contributed by atoms with van der Waals surface area (Å²) in [7, 11) is 2.88. The molecule has 2 aromatic rings. The quantitative estimate of drug-likeness (QED) is 0.470. The molecule has 0 N–H and O–H groups in total. The van der Waals surface area contributed by atoms with Gasteiger partial charge in [-0.15, -0.1) is 0 Å². The van der Waals surface area contributed by atoms with Crippen LogP contribution in [0.15, 0.2) is 60.7 Å². The third-order valence-electron chi connectivity index (χ3n) is 7.18. The van der Waals surface area contributed by atoms with Crippen molar-refractivity contribution in [2.24, 2.45) is 0 Å². The monoisotopic (exact) mass is 466 g/mol. The third kappa shape index (κ3) is 6.45. The van der Waals surface area contributed by atoms with Gasteiger partial charge in [0, 0.05) is 24.2 Å². The zero-order valence-electron chi connectivity index (χ0n) is 20.9. The SMILES string of the molecule is COC(=O)CN([C@@H](C)c1ccccc1)[C@H]1CCCC[C@@H]1N(CC(=O)OC)[C@@H](C)c1ccccc1. The maximum Gasteiger partial charge on any atom is 0.319 e. The highest BCUT2D eigenvalue weighted by atomic mass is 16.5. The van der Waals surface area contributed by atoms with Gasteiger partial charge in [0.2, 0.25) is 0 Å². The van der Waals surface area contributed by atoms with E-state index >= 15 is 0 Å². The lowest BCUT2D eigenvalue weighted by molar-refractivity contribution is -0.147. The van der Waals surface area contributed by atoms with E-state index in [-0.39, 0.29) is 49.2 Å². The van der Waals surface area contributed by atoms with E-state index in [1.54, 1.807) is 0 Å². The molecule has 0 spiro atoms. The first-order valence-electron chi connectivity index (χ1n) is 12.2. The van der Waals surface area contributed by atoms with Crippen molar-refractivity contribution >= 4 is 11.9 Å². The van der Waals surface area contributed by atoms with Crippen molar-refractivity contribution in [2.75, 3.05) is 27.3 Å². The van der Waals surface area contributed by atoms with Gasteiger partial charge in [0.1, 0.15) is 0 Å². The first-order chi connectivity index (χ1) is 16.5. The van der Waals surface area contributed by atoms with Gasteiger partial charge in [0.15, 0.2) is 0 Å². The largest absolute Gasteiger partial charge is 0.468 e. The van der Waals surface area contributed by atoms with Crippen molar-refractivity contribution in [2.45, 2.75) is 63.7 Å². The second-order valence-corrected chi connectivity index (χ2v) is 9.09. The Kier molecular flexibility index (Phi) is 9.66. The molecule has 4 atom stereocenters. The van der Waals surface area contributed by atoms with Crippen LogP contribution in [0.5, 0.6) is 0 Å². The number of carbonyl (C=O) groups is 2. The number of hydrogen-bond acceptors (Lipinski definition) is 6. The highest BCUT2D eigenvalue weighted by Gasteiger charge is 2.39. The fraction of sp³-hybridized carbons (Fsp3) is 0.500.